The van der Waals surface area contributed by atoms with E-state index < -0.39 is 15.4 Å². The zero-order valence-electron chi connectivity index (χ0n) is 12.4. The number of nitriles is 1. The van der Waals surface area contributed by atoms with Gasteiger partial charge < -0.3 is 10.6 Å². The molecule has 1 aromatic carbocycles. The van der Waals surface area contributed by atoms with Crippen LogP contribution in [0.4, 0.5) is 5.69 Å². The van der Waals surface area contributed by atoms with Crippen molar-refractivity contribution in [3.05, 3.63) is 24.3 Å². The van der Waals surface area contributed by atoms with E-state index >= 15 is 0 Å². The smallest absolute Gasteiger partial charge is 0.240 e. The van der Waals surface area contributed by atoms with E-state index in [1.165, 1.54) is 12.1 Å². The van der Waals surface area contributed by atoms with Crippen LogP contribution in [-0.2, 0) is 14.6 Å². The van der Waals surface area contributed by atoms with Crippen LogP contribution in [0.15, 0.2) is 29.2 Å². The fourth-order valence-electron chi connectivity index (χ4n) is 2.57. The van der Waals surface area contributed by atoms with Crippen molar-refractivity contribution in [2.24, 2.45) is 0 Å². The molecule has 1 aliphatic carbocycles. The Hall–Kier alpha value is -2.07. The Morgan fingerprint density at radius 2 is 2.05 bits per heavy atom. The van der Waals surface area contributed by atoms with Crippen molar-refractivity contribution < 1.29 is 13.2 Å². The molecule has 0 aliphatic heterocycles. The van der Waals surface area contributed by atoms with Gasteiger partial charge in [0.05, 0.1) is 17.5 Å². The maximum Gasteiger partial charge on any atom is 0.240 e. The molecule has 0 atom stereocenters. The first-order valence-electron chi connectivity index (χ1n) is 7.11. The molecule has 2 N–H and O–H groups in total. The molecule has 0 aromatic heterocycles. The Balaban J connectivity index is 1.96. The molecule has 1 saturated carbocycles. The molecule has 0 saturated heterocycles. The lowest BCUT2D eigenvalue weighted by atomic mass is 10.00. The number of carbonyl (C=O) groups is 1. The van der Waals surface area contributed by atoms with Gasteiger partial charge in [0.15, 0.2) is 9.84 Å². The summed E-state index contributed by atoms with van der Waals surface area (Å²) in [6.07, 6.45) is 4.38. The molecular weight excluding hydrogens is 302 g/mol. The third-order valence-electron chi connectivity index (χ3n) is 3.77. The summed E-state index contributed by atoms with van der Waals surface area (Å²) in [5.41, 5.74) is -0.191. The first kappa shape index (κ1) is 16.3. The number of nitrogens with zero attached hydrogens (tertiary/aromatic N) is 1. The van der Waals surface area contributed by atoms with Gasteiger partial charge >= 0.3 is 0 Å². The van der Waals surface area contributed by atoms with E-state index in [1.807, 2.05) is 0 Å². The largest absolute Gasteiger partial charge is 0.376 e. The molecule has 0 radical (unpaired) electrons. The van der Waals surface area contributed by atoms with Gasteiger partial charge in [-0.1, -0.05) is 6.07 Å². The molecule has 0 unspecified atom stereocenters. The highest BCUT2D eigenvalue weighted by molar-refractivity contribution is 7.90. The minimum Gasteiger partial charge on any atom is -0.376 e. The van der Waals surface area contributed by atoms with Crippen LogP contribution in [-0.4, -0.2) is 32.7 Å². The fourth-order valence-corrected chi connectivity index (χ4v) is 3.24. The average molecular weight is 321 g/mol. The Bertz CT molecular complexity index is 701. The summed E-state index contributed by atoms with van der Waals surface area (Å²) in [4.78, 5) is 12.2. The molecule has 6 nitrogen and oxygen atoms in total. The van der Waals surface area contributed by atoms with Gasteiger partial charge in [0.1, 0.15) is 5.54 Å². The molecule has 22 heavy (non-hydrogen) atoms. The first-order chi connectivity index (χ1) is 10.3. The Kier molecular flexibility index (Phi) is 4.71. The highest BCUT2D eigenvalue weighted by Crippen LogP contribution is 2.28. The topological polar surface area (TPSA) is 99.1 Å². The molecule has 0 bridgehead atoms. The number of amides is 1. The molecule has 0 spiro atoms. The van der Waals surface area contributed by atoms with Gasteiger partial charge in [0.25, 0.3) is 0 Å². The van der Waals surface area contributed by atoms with E-state index in [-0.39, 0.29) is 17.3 Å². The van der Waals surface area contributed by atoms with Crippen LogP contribution in [0.1, 0.15) is 25.7 Å². The number of sulfone groups is 1. The number of hydrogen-bond donors (Lipinski definition) is 2. The quantitative estimate of drug-likeness (QED) is 0.855. The minimum atomic E-state index is -3.28. The Labute approximate surface area is 130 Å². The zero-order chi connectivity index (χ0) is 16.2. The van der Waals surface area contributed by atoms with Crippen molar-refractivity contribution in [1.82, 2.24) is 5.32 Å². The second-order valence-electron chi connectivity index (χ2n) is 5.60. The normalized spacial score (nSPS) is 16.7. The van der Waals surface area contributed by atoms with Gasteiger partial charge in [0, 0.05) is 11.9 Å². The molecule has 1 amide bonds. The molecule has 1 aromatic rings. The predicted molar refractivity (Wildman–Crippen MR) is 83.0 cm³/mol. The van der Waals surface area contributed by atoms with Crippen molar-refractivity contribution >= 4 is 21.4 Å². The maximum atomic E-state index is 12.0. The van der Waals surface area contributed by atoms with Crippen LogP contribution >= 0.6 is 0 Å². The van der Waals surface area contributed by atoms with Crippen molar-refractivity contribution in [2.75, 3.05) is 18.1 Å². The molecule has 2 rings (SSSR count). The summed E-state index contributed by atoms with van der Waals surface area (Å²) in [7, 11) is -3.28. The van der Waals surface area contributed by atoms with E-state index in [4.69, 9.17) is 0 Å². The van der Waals surface area contributed by atoms with E-state index in [9.17, 15) is 18.5 Å². The number of benzene rings is 1. The number of anilines is 1. The molecular formula is C15H19N3O3S. The molecule has 1 fully saturated rings. The van der Waals surface area contributed by atoms with Crippen molar-refractivity contribution in [1.29, 1.82) is 5.26 Å². The zero-order valence-corrected chi connectivity index (χ0v) is 13.2. The standard InChI is InChI=1S/C15H19N3O3S/c1-22(20,21)13-6-4-5-12(9-13)17-10-14(19)18-15(11-16)7-2-3-8-15/h4-6,9,17H,2-3,7-8,10H2,1H3,(H,18,19). The summed E-state index contributed by atoms with van der Waals surface area (Å²) in [6, 6.07) is 8.49. The summed E-state index contributed by atoms with van der Waals surface area (Å²) in [5, 5.41) is 14.9. The van der Waals surface area contributed by atoms with Crippen molar-refractivity contribution in [2.45, 2.75) is 36.1 Å². The molecule has 118 valence electrons. The maximum absolute atomic E-state index is 12.0. The highest BCUT2D eigenvalue weighted by Gasteiger charge is 2.35. The molecule has 7 heteroatoms. The second-order valence-corrected chi connectivity index (χ2v) is 7.62. The van der Waals surface area contributed by atoms with E-state index in [0.29, 0.717) is 18.5 Å². The number of hydrogen-bond acceptors (Lipinski definition) is 5. The van der Waals surface area contributed by atoms with E-state index in [2.05, 4.69) is 16.7 Å². The molecule has 1 aliphatic rings. The second kappa shape index (κ2) is 6.36. The Morgan fingerprint density at radius 3 is 2.64 bits per heavy atom. The third kappa shape index (κ3) is 3.98. The van der Waals surface area contributed by atoms with Gasteiger partial charge in [0.2, 0.25) is 5.91 Å². The van der Waals surface area contributed by atoms with Gasteiger partial charge in [-0.2, -0.15) is 5.26 Å². The summed E-state index contributed by atoms with van der Waals surface area (Å²) in [6.45, 7) is -0.00333. The van der Waals surface area contributed by atoms with Crippen LogP contribution < -0.4 is 10.6 Å². The predicted octanol–water partition coefficient (Wildman–Crippen LogP) is 1.45. The number of rotatable bonds is 5. The third-order valence-corrected chi connectivity index (χ3v) is 4.88. The van der Waals surface area contributed by atoms with Gasteiger partial charge in [-0.15, -0.1) is 0 Å². The van der Waals surface area contributed by atoms with Gasteiger partial charge in [-0.25, -0.2) is 8.42 Å². The lowest BCUT2D eigenvalue weighted by Crippen LogP contribution is -2.47. The summed E-state index contributed by atoms with van der Waals surface area (Å²) < 4.78 is 23.0. The Morgan fingerprint density at radius 1 is 1.36 bits per heavy atom. The SMILES string of the molecule is CS(=O)(=O)c1cccc(NCC(=O)NC2(C#N)CCCC2)c1. The fraction of sp³-hybridized carbons (Fsp3) is 0.467. The van der Waals surface area contributed by atoms with Crippen molar-refractivity contribution in [3.63, 3.8) is 0 Å². The number of carbonyl (C=O) groups excluding carboxylic acids is 1. The van der Waals surface area contributed by atoms with Gasteiger partial charge in [-0.05, 0) is 43.9 Å². The van der Waals surface area contributed by atoms with Crippen LogP contribution in [0.25, 0.3) is 0 Å². The molecule has 0 heterocycles. The monoisotopic (exact) mass is 321 g/mol. The van der Waals surface area contributed by atoms with E-state index in [1.54, 1.807) is 12.1 Å². The number of nitrogens with one attached hydrogen (secondary N) is 2. The van der Waals surface area contributed by atoms with Crippen LogP contribution in [0.5, 0.6) is 0 Å². The highest BCUT2D eigenvalue weighted by atomic mass is 32.2. The minimum absolute atomic E-state index is 0.00333. The van der Waals surface area contributed by atoms with Crippen LogP contribution in [0.3, 0.4) is 0 Å². The van der Waals surface area contributed by atoms with E-state index in [0.717, 1.165) is 19.1 Å². The first-order valence-corrected chi connectivity index (χ1v) is 9.00. The summed E-state index contributed by atoms with van der Waals surface area (Å²) >= 11 is 0. The lowest BCUT2D eigenvalue weighted by molar-refractivity contribution is -0.120. The lowest BCUT2D eigenvalue weighted by Gasteiger charge is -2.22. The van der Waals surface area contributed by atoms with Crippen molar-refractivity contribution in [3.8, 4) is 6.07 Å². The average Bonchev–Trinajstić information content (AvgIpc) is 2.94. The van der Waals surface area contributed by atoms with Gasteiger partial charge in [-0.3, -0.25) is 4.79 Å². The van der Waals surface area contributed by atoms with Crippen LogP contribution in [0, 0.1) is 11.3 Å². The van der Waals surface area contributed by atoms with Crippen LogP contribution in [0.2, 0.25) is 0 Å². The summed E-state index contributed by atoms with van der Waals surface area (Å²) in [5.74, 6) is -0.270.